The monoisotopic (exact) mass is 472 g/mol. The molecule has 0 fully saturated rings. The van der Waals surface area contributed by atoms with Gasteiger partial charge < -0.3 is 15.3 Å². The fourth-order valence-corrected chi connectivity index (χ4v) is 4.07. The van der Waals surface area contributed by atoms with Gasteiger partial charge in [0.1, 0.15) is 11.4 Å². The topological polar surface area (TPSA) is 87.5 Å². The highest BCUT2D eigenvalue weighted by atomic mass is 19.4. The van der Waals surface area contributed by atoms with Crippen LogP contribution < -0.4 is 10.2 Å². The zero-order valence-corrected chi connectivity index (χ0v) is 18.6. The summed E-state index contributed by atoms with van der Waals surface area (Å²) in [6.45, 7) is 4.57. The summed E-state index contributed by atoms with van der Waals surface area (Å²) in [5, 5.41) is 15.4. The lowest BCUT2D eigenvalue weighted by atomic mass is 10.1. The minimum absolute atomic E-state index is 0.0722. The number of hydrogen-bond donors (Lipinski definition) is 2. The lowest BCUT2D eigenvalue weighted by Crippen LogP contribution is -2.31. The van der Waals surface area contributed by atoms with Crippen molar-refractivity contribution in [3.63, 3.8) is 0 Å². The largest absolute Gasteiger partial charge is 0.478 e. The lowest BCUT2D eigenvalue weighted by Gasteiger charge is -2.21. The summed E-state index contributed by atoms with van der Waals surface area (Å²) in [6.07, 6.45) is -4.80. The Balaban J connectivity index is 1.65. The van der Waals surface area contributed by atoms with E-state index in [1.54, 1.807) is 11.8 Å². The van der Waals surface area contributed by atoms with Gasteiger partial charge in [-0.25, -0.2) is 9.48 Å². The van der Waals surface area contributed by atoms with Crippen LogP contribution in [0.1, 0.15) is 56.1 Å². The third-order valence-electron chi connectivity index (χ3n) is 5.93. The molecule has 2 N–H and O–H groups in total. The molecule has 1 aliphatic rings. The van der Waals surface area contributed by atoms with Crippen molar-refractivity contribution in [1.29, 1.82) is 0 Å². The molecule has 1 unspecified atom stereocenters. The molecule has 2 aromatic carbocycles. The molecule has 34 heavy (non-hydrogen) atoms. The van der Waals surface area contributed by atoms with E-state index in [2.05, 4.69) is 10.4 Å². The van der Waals surface area contributed by atoms with E-state index in [1.165, 1.54) is 28.9 Å². The molecule has 1 aromatic heterocycles. The zero-order valence-electron chi connectivity index (χ0n) is 18.6. The van der Waals surface area contributed by atoms with Gasteiger partial charge in [0.2, 0.25) is 0 Å². The van der Waals surface area contributed by atoms with Crippen LogP contribution in [-0.2, 0) is 19.3 Å². The molecule has 0 radical (unpaired) electrons. The van der Waals surface area contributed by atoms with E-state index >= 15 is 0 Å². The lowest BCUT2D eigenvalue weighted by molar-refractivity contribution is -0.141. The highest BCUT2D eigenvalue weighted by molar-refractivity contribution is 6.01. The van der Waals surface area contributed by atoms with Crippen LogP contribution in [0.3, 0.4) is 0 Å². The fourth-order valence-electron chi connectivity index (χ4n) is 4.07. The number of anilines is 1. The molecule has 0 saturated heterocycles. The number of carbonyl (C=O) groups is 2. The number of aromatic nitrogens is 2. The van der Waals surface area contributed by atoms with Crippen molar-refractivity contribution in [2.24, 2.45) is 0 Å². The Labute approximate surface area is 193 Å². The predicted octanol–water partition coefficient (Wildman–Crippen LogP) is 4.42. The van der Waals surface area contributed by atoms with Crippen molar-refractivity contribution in [2.75, 3.05) is 11.4 Å². The normalized spacial score (nSPS) is 14.1. The molecular weight excluding hydrogens is 449 g/mol. The molecule has 0 bridgehead atoms. The number of benzene rings is 2. The SMILES string of the molecule is Cc1ccccc1CN1CCn2nc(C(F)(F)F)c(C(=O)NC(C)c3ccc(C(=O)O)cc3)c21. The second kappa shape index (κ2) is 8.85. The minimum atomic E-state index is -4.80. The number of carboxylic acid groups (broad SMARTS) is 1. The first-order valence-electron chi connectivity index (χ1n) is 10.7. The maximum absolute atomic E-state index is 13.8. The van der Waals surface area contributed by atoms with E-state index in [1.807, 2.05) is 31.2 Å². The van der Waals surface area contributed by atoms with E-state index in [-0.39, 0.29) is 17.9 Å². The molecule has 7 nitrogen and oxygen atoms in total. The number of rotatable bonds is 6. The maximum Gasteiger partial charge on any atom is 0.436 e. The molecule has 1 atom stereocenters. The number of hydrogen-bond acceptors (Lipinski definition) is 4. The maximum atomic E-state index is 13.8. The third-order valence-corrected chi connectivity index (χ3v) is 5.93. The first kappa shape index (κ1) is 23.3. The summed E-state index contributed by atoms with van der Waals surface area (Å²) in [5.41, 5.74) is 0.857. The number of halogens is 3. The van der Waals surface area contributed by atoms with Crippen LogP contribution in [0, 0.1) is 6.92 Å². The van der Waals surface area contributed by atoms with Gasteiger partial charge in [0.25, 0.3) is 5.91 Å². The Morgan fingerprint density at radius 1 is 1.12 bits per heavy atom. The Bertz CT molecular complexity index is 1240. The van der Waals surface area contributed by atoms with Crippen LogP contribution >= 0.6 is 0 Å². The average Bonchev–Trinajstić information content (AvgIpc) is 3.35. The number of carbonyl (C=O) groups excluding carboxylic acids is 1. The van der Waals surface area contributed by atoms with Gasteiger partial charge in [0.05, 0.1) is 18.2 Å². The summed E-state index contributed by atoms with van der Waals surface area (Å²) in [4.78, 5) is 26.0. The minimum Gasteiger partial charge on any atom is -0.478 e. The molecule has 0 saturated carbocycles. The van der Waals surface area contributed by atoms with E-state index in [9.17, 15) is 22.8 Å². The summed E-state index contributed by atoms with van der Waals surface area (Å²) in [6, 6.07) is 12.7. The van der Waals surface area contributed by atoms with Gasteiger partial charge in [-0.3, -0.25) is 4.79 Å². The Morgan fingerprint density at radius 3 is 2.41 bits per heavy atom. The number of aromatic carboxylic acids is 1. The second-order valence-corrected chi connectivity index (χ2v) is 8.24. The van der Waals surface area contributed by atoms with E-state index < -0.39 is 35.4 Å². The number of fused-ring (bicyclic) bond motifs is 1. The summed E-state index contributed by atoms with van der Waals surface area (Å²) in [7, 11) is 0. The number of aryl methyl sites for hydroxylation is 1. The molecule has 3 aromatic rings. The van der Waals surface area contributed by atoms with Crippen molar-refractivity contribution >= 4 is 17.7 Å². The van der Waals surface area contributed by atoms with Crippen molar-refractivity contribution in [2.45, 2.75) is 39.2 Å². The standard InChI is InChI=1S/C24H23F3N4O3/c1-14-5-3-4-6-18(14)13-30-11-12-31-22(30)19(20(29-31)24(25,26)27)21(32)28-15(2)16-7-9-17(10-8-16)23(33)34/h3-10,15H,11-13H2,1-2H3,(H,28,32)(H,33,34). The van der Waals surface area contributed by atoms with Crippen LogP contribution in [0.5, 0.6) is 0 Å². The van der Waals surface area contributed by atoms with Crippen molar-refractivity contribution in [1.82, 2.24) is 15.1 Å². The van der Waals surface area contributed by atoms with Gasteiger partial charge in [-0.1, -0.05) is 36.4 Å². The highest BCUT2D eigenvalue weighted by Crippen LogP contribution is 2.39. The summed E-state index contributed by atoms with van der Waals surface area (Å²) >= 11 is 0. The van der Waals surface area contributed by atoms with Crippen LogP contribution in [0.25, 0.3) is 0 Å². The molecule has 4 rings (SSSR count). The van der Waals surface area contributed by atoms with E-state index in [0.29, 0.717) is 18.7 Å². The fraction of sp³-hybridized carbons (Fsp3) is 0.292. The van der Waals surface area contributed by atoms with E-state index in [0.717, 1.165) is 11.1 Å². The molecule has 0 spiro atoms. The van der Waals surface area contributed by atoms with Crippen LogP contribution in [0.15, 0.2) is 48.5 Å². The first-order valence-corrected chi connectivity index (χ1v) is 10.7. The van der Waals surface area contributed by atoms with E-state index in [4.69, 9.17) is 5.11 Å². The van der Waals surface area contributed by atoms with Gasteiger partial charge in [-0.05, 0) is 42.7 Å². The third kappa shape index (κ3) is 4.48. The Kier molecular flexibility index (Phi) is 6.07. The van der Waals surface area contributed by atoms with Gasteiger partial charge in [0.15, 0.2) is 5.69 Å². The van der Waals surface area contributed by atoms with Gasteiger partial charge >= 0.3 is 12.1 Å². The molecular formula is C24H23F3N4O3. The Hall–Kier alpha value is -3.82. The van der Waals surface area contributed by atoms with Crippen LogP contribution in [-0.4, -0.2) is 33.3 Å². The number of alkyl halides is 3. The molecule has 1 aliphatic heterocycles. The molecule has 10 heteroatoms. The molecule has 2 heterocycles. The predicted molar refractivity (Wildman–Crippen MR) is 119 cm³/mol. The van der Waals surface area contributed by atoms with Crippen molar-refractivity contribution in [3.8, 4) is 0 Å². The number of nitrogens with one attached hydrogen (secondary N) is 1. The molecule has 1 amide bonds. The number of amides is 1. The van der Waals surface area contributed by atoms with Crippen LogP contribution in [0.2, 0.25) is 0 Å². The average molecular weight is 472 g/mol. The summed E-state index contributed by atoms with van der Waals surface area (Å²) < 4.78 is 42.7. The smallest absolute Gasteiger partial charge is 0.436 e. The Morgan fingerprint density at radius 2 is 1.79 bits per heavy atom. The zero-order chi connectivity index (χ0) is 24.6. The van der Waals surface area contributed by atoms with Crippen molar-refractivity contribution < 1.29 is 27.9 Å². The second-order valence-electron chi connectivity index (χ2n) is 8.24. The molecule has 0 aliphatic carbocycles. The number of nitrogens with zero attached hydrogens (tertiary/aromatic N) is 3. The van der Waals surface area contributed by atoms with Gasteiger partial charge in [0, 0.05) is 13.1 Å². The van der Waals surface area contributed by atoms with Crippen LogP contribution in [0.4, 0.5) is 19.0 Å². The highest BCUT2D eigenvalue weighted by Gasteiger charge is 2.44. The summed E-state index contributed by atoms with van der Waals surface area (Å²) in [5.74, 6) is -1.84. The van der Waals surface area contributed by atoms with Crippen molar-refractivity contribution in [3.05, 3.63) is 82.0 Å². The quantitative estimate of drug-likeness (QED) is 0.555. The van der Waals surface area contributed by atoms with Gasteiger partial charge in [-0.15, -0.1) is 0 Å². The first-order chi connectivity index (χ1) is 16.1. The van der Waals surface area contributed by atoms with Gasteiger partial charge in [-0.2, -0.15) is 18.3 Å². The molecule has 178 valence electrons. The number of carboxylic acids is 1.